The maximum absolute atomic E-state index is 12.9. The third-order valence-corrected chi connectivity index (χ3v) is 15.7. The van der Waals surface area contributed by atoms with Crippen LogP contribution in [0.15, 0.2) is 170 Å². The van der Waals surface area contributed by atoms with E-state index < -0.39 is 32.5 Å². The molecular weight excluding hydrogens is 1130 g/mol. The van der Waals surface area contributed by atoms with Crippen molar-refractivity contribution in [1.82, 2.24) is 0 Å². The van der Waals surface area contributed by atoms with Crippen molar-refractivity contribution in [2.45, 2.75) is 277 Å². The van der Waals surface area contributed by atoms with Crippen molar-refractivity contribution >= 4 is 19.8 Å². The lowest BCUT2D eigenvalue weighted by Gasteiger charge is -2.28. The maximum atomic E-state index is 12.9. The van der Waals surface area contributed by atoms with Gasteiger partial charge >= 0.3 is 11.9 Å². The van der Waals surface area contributed by atoms with Crippen molar-refractivity contribution < 1.29 is 42.1 Å². The molecule has 2 unspecified atom stereocenters. The molecule has 0 aliphatic rings. The molecule has 0 aliphatic carbocycles. The summed E-state index contributed by atoms with van der Waals surface area (Å²) in [7, 11) is 1.13. The number of quaternary nitrogens is 1. The van der Waals surface area contributed by atoms with Gasteiger partial charge in [0.25, 0.3) is 7.82 Å². The number of unbranched alkanes of at least 4 members (excludes halogenated alkanes) is 22. The van der Waals surface area contributed by atoms with Crippen molar-refractivity contribution in [3.8, 4) is 0 Å². The minimum Gasteiger partial charge on any atom is -0.756 e. The van der Waals surface area contributed by atoms with Crippen LogP contribution >= 0.6 is 7.82 Å². The molecule has 2 atom stereocenters. The highest BCUT2D eigenvalue weighted by molar-refractivity contribution is 7.45. The Morgan fingerprint density at radius 1 is 0.344 bits per heavy atom. The molecular formula is C80H132NO8P. The molecule has 0 heterocycles. The van der Waals surface area contributed by atoms with E-state index in [4.69, 9.17) is 18.5 Å². The average Bonchev–Trinajstić information content (AvgIpc) is 3.58. The Balaban J connectivity index is 4.13. The molecule has 0 saturated heterocycles. The summed E-state index contributed by atoms with van der Waals surface area (Å²) in [6.45, 7) is 3.99. The van der Waals surface area contributed by atoms with Crippen LogP contribution < -0.4 is 4.89 Å². The van der Waals surface area contributed by atoms with Gasteiger partial charge in [0.05, 0.1) is 27.7 Å². The normalized spacial score (nSPS) is 14.2. The second-order valence-electron chi connectivity index (χ2n) is 24.5. The van der Waals surface area contributed by atoms with E-state index in [1.807, 2.05) is 21.1 Å². The van der Waals surface area contributed by atoms with E-state index in [2.05, 4.69) is 184 Å². The van der Waals surface area contributed by atoms with Gasteiger partial charge in [0.15, 0.2) is 6.10 Å². The molecule has 0 amide bonds. The van der Waals surface area contributed by atoms with Crippen LogP contribution in [0, 0.1) is 0 Å². The molecule has 0 aromatic heterocycles. The first-order chi connectivity index (χ1) is 44.0. The standard InChI is InChI=1S/C80H132NO8P/c1-6-8-10-12-14-16-18-20-22-24-26-28-30-32-34-36-38-40-42-44-46-48-50-52-54-56-58-60-62-64-66-68-70-72-79(82)86-76-78(77-88-90(84,85)87-75-74-81(3,4)5)89-80(83)73-71-69-67-65-63-61-59-57-55-53-51-49-47-45-43-41-39-37-35-33-31-29-27-25-23-21-19-17-15-13-11-9-7-2/h8-11,14-17,20-23,26-29,32-35,39,41,45,47,51,53,57,59,78H,6-7,12-13,18-19,24-25,30-31,36-38,40,42-44,46,48-50,52,54-56,58,60-77H2,1-5H3/b10-8-,11-9-,16-14-,17-15-,22-20-,23-21-,28-26-,29-27-,34-32-,35-33-,41-39-,47-45-,53-51-,59-57-. The number of phosphoric ester groups is 1. The van der Waals surface area contributed by atoms with E-state index in [1.54, 1.807) is 0 Å². The summed E-state index contributed by atoms with van der Waals surface area (Å²) in [4.78, 5) is 38.1. The lowest BCUT2D eigenvalue weighted by atomic mass is 10.0. The van der Waals surface area contributed by atoms with Gasteiger partial charge in [0.1, 0.15) is 19.8 Å². The number of hydrogen-bond acceptors (Lipinski definition) is 8. The second kappa shape index (κ2) is 68.7. The van der Waals surface area contributed by atoms with E-state index >= 15 is 0 Å². The van der Waals surface area contributed by atoms with Gasteiger partial charge in [0, 0.05) is 12.8 Å². The van der Waals surface area contributed by atoms with Crippen molar-refractivity contribution in [3.05, 3.63) is 170 Å². The molecule has 0 aromatic rings. The monoisotopic (exact) mass is 1270 g/mol. The molecule has 10 heteroatoms. The van der Waals surface area contributed by atoms with Crippen molar-refractivity contribution in [1.29, 1.82) is 0 Å². The number of nitrogens with zero attached hydrogens (tertiary/aromatic N) is 1. The van der Waals surface area contributed by atoms with Gasteiger partial charge in [-0.25, -0.2) is 0 Å². The number of allylic oxidation sites excluding steroid dienone is 28. The molecule has 0 saturated carbocycles. The van der Waals surface area contributed by atoms with E-state index in [0.717, 1.165) is 141 Å². The Kier molecular flexibility index (Phi) is 65.2. The first kappa shape index (κ1) is 85.4. The number of phosphoric acid groups is 1. The lowest BCUT2D eigenvalue weighted by molar-refractivity contribution is -0.870. The molecule has 9 nitrogen and oxygen atoms in total. The molecule has 0 bridgehead atoms. The molecule has 0 aliphatic heterocycles. The summed E-state index contributed by atoms with van der Waals surface area (Å²) >= 11 is 0. The van der Waals surface area contributed by atoms with Crippen molar-refractivity contribution in [2.24, 2.45) is 0 Å². The van der Waals surface area contributed by atoms with Crippen molar-refractivity contribution in [2.75, 3.05) is 47.5 Å². The van der Waals surface area contributed by atoms with Crippen LogP contribution in [0.25, 0.3) is 0 Å². The zero-order valence-corrected chi connectivity index (χ0v) is 58.9. The zero-order chi connectivity index (χ0) is 65.5. The predicted molar refractivity (Wildman–Crippen MR) is 387 cm³/mol. The van der Waals surface area contributed by atoms with Crippen LogP contribution in [0.2, 0.25) is 0 Å². The zero-order valence-electron chi connectivity index (χ0n) is 58.0. The van der Waals surface area contributed by atoms with E-state index in [-0.39, 0.29) is 26.1 Å². The number of ether oxygens (including phenoxy) is 2. The number of rotatable bonds is 64. The number of likely N-dealkylation sites (N-methyl/N-ethyl adjacent to an activating group) is 1. The fourth-order valence-electron chi connectivity index (χ4n) is 9.32. The van der Waals surface area contributed by atoms with Gasteiger partial charge < -0.3 is 27.9 Å². The Morgan fingerprint density at radius 2 is 0.600 bits per heavy atom. The molecule has 0 spiro atoms. The Hall–Kier alpha value is -4.63. The maximum Gasteiger partial charge on any atom is 0.306 e. The number of carbonyl (C=O) groups is 2. The molecule has 0 fully saturated rings. The summed E-state index contributed by atoms with van der Waals surface area (Å²) in [5.74, 6) is -0.861. The largest absolute Gasteiger partial charge is 0.756 e. The molecule has 90 heavy (non-hydrogen) atoms. The first-order valence-corrected chi connectivity index (χ1v) is 37.3. The Morgan fingerprint density at radius 3 is 0.889 bits per heavy atom. The Labute approximate surface area is 553 Å². The molecule has 510 valence electrons. The average molecular weight is 1270 g/mol. The van der Waals surface area contributed by atoms with Crippen LogP contribution in [0.1, 0.15) is 271 Å². The fraction of sp³-hybridized carbons (Fsp3) is 0.625. The van der Waals surface area contributed by atoms with Gasteiger partial charge in [-0.3, -0.25) is 14.2 Å². The van der Waals surface area contributed by atoms with Gasteiger partial charge in [-0.05, 0) is 128 Å². The summed E-state index contributed by atoms with van der Waals surface area (Å²) in [6, 6.07) is 0. The molecule has 0 rings (SSSR count). The lowest BCUT2D eigenvalue weighted by Crippen LogP contribution is -2.37. The van der Waals surface area contributed by atoms with Gasteiger partial charge in [-0.2, -0.15) is 0 Å². The highest BCUT2D eigenvalue weighted by Gasteiger charge is 2.22. The van der Waals surface area contributed by atoms with Crippen LogP contribution in [-0.4, -0.2) is 70.0 Å². The van der Waals surface area contributed by atoms with Gasteiger partial charge in [0.2, 0.25) is 0 Å². The van der Waals surface area contributed by atoms with Crippen LogP contribution in [0.3, 0.4) is 0 Å². The van der Waals surface area contributed by atoms with Crippen LogP contribution in [0.5, 0.6) is 0 Å². The van der Waals surface area contributed by atoms with Crippen LogP contribution in [-0.2, 0) is 32.7 Å². The molecule has 0 N–H and O–H groups in total. The quantitative estimate of drug-likeness (QED) is 0.0195. The second-order valence-corrected chi connectivity index (χ2v) is 25.9. The third kappa shape index (κ3) is 72.4. The van der Waals surface area contributed by atoms with Gasteiger partial charge in [-0.1, -0.05) is 300 Å². The Bertz CT molecular complexity index is 2130. The summed E-state index contributed by atoms with van der Waals surface area (Å²) in [5, 5.41) is 0. The molecule has 0 radical (unpaired) electrons. The van der Waals surface area contributed by atoms with E-state index in [9.17, 15) is 19.0 Å². The number of hydrogen-bond donors (Lipinski definition) is 0. The minimum atomic E-state index is -4.66. The van der Waals surface area contributed by atoms with Crippen molar-refractivity contribution in [3.63, 3.8) is 0 Å². The predicted octanol–water partition coefficient (Wildman–Crippen LogP) is 23.1. The third-order valence-electron chi connectivity index (χ3n) is 14.7. The smallest absolute Gasteiger partial charge is 0.306 e. The first-order valence-electron chi connectivity index (χ1n) is 35.8. The highest BCUT2D eigenvalue weighted by atomic mass is 31.2. The number of carbonyl (C=O) groups excluding carboxylic acids is 2. The summed E-state index contributed by atoms with van der Waals surface area (Å²) in [5.41, 5.74) is 0. The van der Waals surface area contributed by atoms with E-state index in [1.165, 1.54) is 96.3 Å². The van der Waals surface area contributed by atoms with Crippen LogP contribution in [0.4, 0.5) is 0 Å². The topological polar surface area (TPSA) is 111 Å². The molecule has 0 aromatic carbocycles. The summed E-state index contributed by atoms with van der Waals surface area (Å²) < 4.78 is 34.3. The fourth-order valence-corrected chi connectivity index (χ4v) is 10.1. The highest BCUT2D eigenvalue weighted by Crippen LogP contribution is 2.38. The summed E-state index contributed by atoms with van der Waals surface area (Å²) in [6.07, 6.45) is 104. The minimum absolute atomic E-state index is 0.0430. The van der Waals surface area contributed by atoms with Gasteiger partial charge in [-0.15, -0.1) is 0 Å². The SMILES string of the molecule is CC/C=C\C/C=C\C/C=C\C/C=C\C/C=C\C/C=C\C/C=C\C/C=C\C/C=C\CCCCCCCC(=O)OC(COC(=O)CCCCCCCCCCCCCCCCCCC/C=C\C/C=C\C/C=C\C/C=C\C/C=C\CC)COP(=O)([O-])OCC[N+](C)(C)C. The van der Waals surface area contributed by atoms with E-state index in [0.29, 0.717) is 17.4 Å². The number of esters is 2.